The summed E-state index contributed by atoms with van der Waals surface area (Å²) in [6, 6.07) is 11.8. The fourth-order valence-electron chi connectivity index (χ4n) is 2.61. The summed E-state index contributed by atoms with van der Waals surface area (Å²) in [5.41, 5.74) is 2.57. The smallest absolute Gasteiger partial charge is 0.254 e. The van der Waals surface area contributed by atoms with Gasteiger partial charge in [0.05, 0.1) is 17.1 Å². The van der Waals surface area contributed by atoms with E-state index in [1.807, 2.05) is 54.3 Å². The Balaban J connectivity index is 1.51. The van der Waals surface area contributed by atoms with Gasteiger partial charge < -0.3 is 9.88 Å². The van der Waals surface area contributed by atoms with Crippen LogP contribution in [-0.4, -0.2) is 27.8 Å². The maximum absolute atomic E-state index is 12.6. The number of carbonyl (C=O) groups is 1. The fourth-order valence-corrected chi connectivity index (χ4v) is 4.23. The van der Waals surface area contributed by atoms with Gasteiger partial charge in [-0.2, -0.15) is 0 Å². The molecule has 3 heterocycles. The Morgan fingerprint density at radius 2 is 2.17 bits per heavy atom. The molecule has 1 amide bonds. The van der Waals surface area contributed by atoms with Crippen LogP contribution in [-0.2, 0) is 6.54 Å². The Labute approximate surface area is 147 Å². The van der Waals surface area contributed by atoms with Crippen molar-refractivity contribution < 1.29 is 4.79 Å². The second-order valence-electron chi connectivity index (χ2n) is 5.56. The van der Waals surface area contributed by atoms with Crippen LogP contribution >= 0.6 is 22.7 Å². The topological polar surface area (TPSA) is 49.0 Å². The van der Waals surface area contributed by atoms with E-state index < -0.39 is 0 Å². The predicted octanol–water partition coefficient (Wildman–Crippen LogP) is 4.63. The van der Waals surface area contributed by atoms with Gasteiger partial charge in [-0.25, -0.2) is 4.98 Å². The number of aromatic nitrogens is 2. The van der Waals surface area contributed by atoms with E-state index >= 15 is 0 Å². The van der Waals surface area contributed by atoms with Gasteiger partial charge >= 0.3 is 0 Å². The quantitative estimate of drug-likeness (QED) is 0.582. The van der Waals surface area contributed by atoms with Gasteiger partial charge in [-0.1, -0.05) is 12.1 Å². The second-order valence-corrected chi connectivity index (χ2v) is 7.37. The molecule has 0 saturated carbocycles. The molecule has 0 spiro atoms. The largest absolute Gasteiger partial charge is 0.361 e. The molecule has 4 nitrogen and oxygen atoms in total. The Kier molecular flexibility index (Phi) is 3.92. The summed E-state index contributed by atoms with van der Waals surface area (Å²) in [5, 5.41) is 6.18. The minimum Gasteiger partial charge on any atom is -0.361 e. The second kappa shape index (κ2) is 6.22. The molecular weight excluding hydrogens is 338 g/mol. The summed E-state index contributed by atoms with van der Waals surface area (Å²) < 4.78 is 0. The van der Waals surface area contributed by atoms with E-state index in [2.05, 4.69) is 16.0 Å². The van der Waals surface area contributed by atoms with Gasteiger partial charge in [-0.3, -0.25) is 4.79 Å². The maximum atomic E-state index is 12.6. The molecule has 0 aliphatic rings. The lowest BCUT2D eigenvalue weighted by molar-refractivity contribution is 0.0784. The summed E-state index contributed by atoms with van der Waals surface area (Å²) in [6.07, 6.45) is 1.88. The molecule has 0 bridgehead atoms. The minimum absolute atomic E-state index is 0.00262. The van der Waals surface area contributed by atoms with Crippen molar-refractivity contribution in [3.05, 3.63) is 64.6 Å². The van der Waals surface area contributed by atoms with Crippen molar-refractivity contribution in [3.63, 3.8) is 0 Å². The van der Waals surface area contributed by atoms with Gasteiger partial charge in [0.2, 0.25) is 0 Å². The zero-order chi connectivity index (χ0) is 16.5. The van der Waals surface area contributed by atoms with Crippen LogP contribution in [0.3, 0.4) is 0 Å². The van der Waals surface area contributed by atoms with Gasteiger partial charge in [0.15, 0.2) is 0 Å². The number of thiophene rings is 1. The third-order valence-corrected chi connectivity index (χ3v) is 5.76. The Morgan fingerprint density at radius 1 is 1.25 bits per heavy atom. The van der Waals surface area contributed by atoms with Crippen molar-refractivity contribution in [3.8, 4) is 9.88 Å². The SMILES string of the molecule is CN(Cc1csc(-c2cccs2)n1)C(=O)c1ccc2cc[nH]c2c1. The molecule has 24 heavy (non-hydrogen) atoms. The predicted molar refractivity (Wildman–Crippen MR) is 99.5 cm³/mol. The third kappa shape index (κ3) is 2.86. The highest BCUT2D eigenvalue weighted by atomic mass is 32.1. The van der Waals surface area contributed by atoms with E-state index in [1.54, 1.807) is 27.6 Å². The number of nitrogens with zero attached hydrogens (tertiary/aromatic N) is 2. The van der Waals surface area contributed by atoms with Crippen LogP contribution in [0.4, 0.5) is 0 Å². The van der Waals surface area contributed by atoms with Gasteiger partial charge in [-0.15, -0.1) is 22.7 Å². The Hall–Kier alpha value is -2.44. The van der Waals surface area contributed by atoms with Gasteiger partial charge in [-0.05, 0) is 35.0 Å². The highest BCUT2D eigenvalue weighted by Crippen LogP contribution is 2.28. The lowest BCUT2D eigenvalue weighted by Gasteiger charge is -2.16. The number of carbonyl (C=O) groups excluding carboxylic acids is 1. The van der Waals surface area contributed by atoms with E-state index in [0.717, 1.165) is 26.5 Å². The van der Waals surface area contributed by atoms with Gasteiger partial charge in [0.1, 0.15) is 5.01 Å². The highest BCUT2D eigenvalue weighted by Gasteiger charge is 2.15. The average molecular weight is 353 g/mol. The summed E-state index contributed by atoms with van der Waals surface area (Å²) in [5.74, 6) is -0.00262. The van der Waals surface area contributed by atoms with Crippen LogP contribution in [0, 0.1) is 0 Å². The molecule has 0 aliphatic carbocycles. The third-order valence-electron chi connectivity index (χ3n) is 3.83. The number of benzene rings is 1. The van der Waals surface area contributed by atoms with E-state index in [0.29, 0.717) is 12.1 Å². The van der Waals surface area contributed by atoms with Crippen molar-refractivity contribution in [1.82, 2.24) is 14.9 Å². The van der Waals surface area contributed by atoms with Crippen LogP contribution in [0.2, 0.25) is 0 Å². The molecule has 0 atom stereocenters. The summed E-state index contributed by atoms with van der Waals surface area (Å²) in [7, 11) is 1.81. The maximum Gasteiger partial charge on any atom is 0.254 e. The van der Waals surface area contributed by atoms with Crippen molar-refractivity contribution in [2.24, 2.45) is 0 Å². The molecule has 4 aromatic rings. The molecule has 1 N–H and O–H groups in total. The minimum atomic E-state index is -0.00262. The van der Waals surface area contributed by atoms with E-state index in [-0.39, 0.29) is 5.91 Å². The molecule has 0 fully saturated rings. The van der Waals surface area contributed by atoms with Crippen LogP contribution in [0.1, 0.15) is 16.1 Å². The molecule has 1 aromatic carbocycles. The number of hydrogen-bond acceptors (Lipinski definition) is 4. The summed E-state index contributed by atoms with van der Waals surface area (Å²) in [6.45, 7) is 0.503. The van der Waals surface area contributed by atoms with Crippen LogP contribution in [0.25, 0.3) is 20.8 Å². The molecule has 4 rings (SSSR count). The molecule has 3 aromatic heterocycles. The standard InChI is InChI=1S/C18H15N3OS2/c1-21(10-14-11-24-17(20-14)16-3-2-8-23-16)18(22)13-5-4-12-6-7-19-15(12)9-13/h2-9,11,19H,10H2,1H3. The van der Waals surface area contributed by atoms with Crippen molar-refractivity contribution >= 4 is 39.5 Å². The lowest BCUT2D eigenvalue weighted by Crippen LogP contribution is -2.26. The number of rotatable bonds is 4. The van der Waals surface area contributed by atoms with E-state index in [4.69, 9.17) is 0 Å². The monoisotopic (exact) mass is 353 g/mol. The normalized spacial score (nSPS) is 11.0. The Bertz CT molecular complexity index is 985. The number of thiazole rings is 1. The highest BCUT2D eigenvalue weighted by molar-refractivity contribution is 7.20. The number of H-pyrrole nitrogens is 1. The number of nitrogens with one attached hydrogen (secondary N) is 1. The van der Waals surface area contributed by atoms with Crippen molar-refractivity contribution in [2.75, 3.05) is 7.05 Å². The van der Waals surface area contributed by atoms with Crippen molar-refractivity contribution in [2.45, 2.75) is 6.54 Å². The first-order valence-electron chi connectivity index (χ1n) is 7.51. The fraction of sp³-hybridized carbons (Fsp3) is 0.111. The molecule has 0 unspecified atom stereocenters. The van der Waals surface area contributed by atoms with Gasteiger partial charge in [0, 0.05) is 29.7 Å². The van der Waals surface area contributed by atoms with Crippen molar-refractivity contribution in [1.29, 1.82) is 0 Å². The molecule has 6 heteroatoms. The molecule has 120 valence electrons. The number of hydrogen-bond donors (Lipinski definition) is 1. The number of amides is 1. The first kappa shape index (κ1) is 15.1. The number of fused-ring (bicyclic) bond motifs is 1. The summed E-state index contributed by atoms with van der Waals surface area (Å²) >= 11 is 3.29. The molecule has 0 radical (unpaired) electrons. The average Bonchev–Trinajstić information content (AvgIpc) is 3.33. The zero-order valence-electron chi connectivity index (χ0n) is 13.0. The van der Waals surface area contributed by atoms with E-state index in [9.17, 15) is 4.79 Å². The van der Waals surface area contributed by atoms with Crippen LogP contribution < -0.4 is 0 Å². The Morgan fingerprint density at radius 3 is 3.00 bits per heavy atom. The van der Waals surface area contributed by atoms with Crippen LogP contribution in [0.5, 0.6) is 0 Å². The molecular formula is C18H15N3OS2. The lowest BCUT2D eigenvalue weighted by atomic mass is 10.1. The van der Waals surface area contributed by atoms with E-state index in [1.165, 1.54) is 0 Å². The zero-order valence-corrected chi connectivity index (χ0v) is 14.7. The number of aromatic amines is 1. The molecule has 0 aliphatic heterocycles. The first-order valence-corrected chi connectivity index (χ1v) is 9.27. The summed E-state index contributed by atoms with van der Waals surface area (Å²) in [4.78, 5) is 23.3. The first-order chi connectivity index (χ1) is 11.7. The van der Waals surface area contributed by atoms with Crippen LogP contribution in [0.15, 0.2) is 53.4 Å². The molecule has 0 saturated heterocycles. The van der Waals surface area contributed by atoms with Gasteiger partial charge in [0.25, 0.3) is 5.91 Å².